The van der Waals surface area contributed by atoms with Crippen LogP contribution in [0.2, 0.25) is 5.15 Å². The molecule has 0 radical (unpaired) electrons. The Morgan fingerprint density at radius 1 is 1.50 bits per heavy atom. The maximum Gasteiger partial charge on any atom is 0.410 e. The van der Waals surface area contributed by atoms with Crippen LogP contribution in [0.5, 0.6) is 0 Å². The molecule has 1 aliphatic rings. The summed E-state index contributed by atoms with van der Waals surface area (Å²) in [5.74, 6) is -0.0527. The maximum atomic E-state index is 13.8. The van der Waals surface area contributed by atoms with Gasteiger partial charge in [-0.2, -0.15) is 0 Å². The Morgan fingerprint density at radius 3 is 2.88 bits per heavy atom. The van der Waals surface area contributed by atoms with Crippen molar-refractivity contribution in [3.8, 4) is 0 Å². The zero-order chi connectivity index (χ0) is 17.9. The molecule has 2 atom stereocenters. The molecular formula is C16H21ClFN3O3. The van der Waals surface area contributed by atoms with E-state index in [1.807, 2.05) is 13.8 Å². The number of alkyl halides is 1. The third kappa shape index (κ3) is 4.56. The van der Waals surface area contributed by atoms with Crippen LogP contribution >= 0.6 is 11.6 Å². The Hall–Kier alpha value is -1.89. The van der Waals surface area contributed by atoms with Crippen LogP contribution in [0.1, 0.15) is 25.8 Å². The summed E-state index contributed by atoms with van der Waals surface area (Å²) in [7, 11) is 0. The monoisotopic (exact) mass is 357 g/mol. The van der Waals surface area contributed by atoms with Crippen LogP contribution in [0.15, 0.2) is 12.1 Å². The van der Waals surface area contributed by atoms with E-state index in [4.69, 9.17) is 16.3 Å². The molecule has 0 aromatic carbocycles. The molecule has 1 N–H and O–H groups in total. The van der Waals surface area contributed by atoms with Gasteiger partial charge >= 0.3 is 6.09 Å². The van der Waals surface area contributed by atoms with E-state index in [0.717, 1.165) is 10.5 Å². The Balaban J connectivity index is 2.08. The molecule has 0 spiro atoms. The largest absolute Gasteiger partial charge is 0.449 e. The summed E-state index contributed by atoms with van der Waals surface area (Å²) < 4.78 is 18.9. The van der Waals surface area contributed by atoms with Gasteiger partial charge in [-0.25, -0.2) is 14.2 Å². The number of aryl methyl sites for hydroxylation is 1. The van der Waals surface area contributed by atoms with Gasteiger partial charge in [0.2, 0.25) is 5.91 Å². The second kappa shape index (κ2) is 7.79. The van der Waals surface area contributed by atoms with Gasteiger partial charge in [0.1, 0.15) is 23.2 Å². The Morgan fingerprint density at radius 2 is 2.21 bits per heavy atom. The number of aromatic nitrogens is 1. The van der Waals surface area contributed by atoms with E-state index in [9.17, 15) is 14.0 Å². The second-order valence-electron chi connectivity index (χ2n) is 6.26. The number of hydrogen-bond donors (Lipinski definition) is 1. The van der Waals surface area contributed by atoms with Gasteiger partial charge in [0, 0.05) is 6.42 Å². The molecule has 1 aliphatic heterocycles. The molecule has 1 aromatic heterocycles. The van der Waals surface area contributed by atoms with E-state index < -0.39 is 24.2 Å². The Bertz CT molecular complexity index is 627. The highest BCUT2D eigenvalue weighted by molar-refractivity contribution is 6.29. The van der Waals surface area contributed by atoms with Crippen LogP contribution in [0.3, 0.4) is 0 Å². The average molecular weight is 358 g/mol. The predicted molar refractivity (Wildman–Crippen MR) is 88.8 cm³/mol. The van der Waals surface area contributed by atoms with E-state index in [-0.39, 0.29) is 30.6 Å². The first kappa shape index (κ1) is 18.4. The molecule has 1 saturated heterocycles. The van der Waals surface area contributed by atoms with Gasteiger partial charge in [-0.15, -0.1) is 0 Å². The summed E-state index contributed by atoms with van der Waals surface area (Å²) in [6, 6.07) is 2.39. The first-order valence-corrected chi connectivity index (χ1v) is 8.17. The minimum atomic E-state index is -1.26. The minimum absolute atomic E-state index is 0.0672. The van der Waals surface area contributed by atoms with Crippen molar-refractivity contribution in [2.45, 2.75) is 39.4 Å². The number of hydrogen-bond acceptors (Lipinski definition) is 4. The summed E-state index contributed by atoms with van der Waals surface area (Å²) in [4.78, 5) is 29.7. The summed E-state index contributed by atoms with van der Waals surface area (Å²) in [5, 5.41) is 2.85. The van der Waals surface area contributed by atoms with E-state index in [1.54, 1.807) is 19.1 Å². The van der Waals surface area contributed by atoms with Crippen LogP contribution in [0, 0.1) is 12.8 Å². The molecule has 132 valence electrons. The number of nitrogens with zero attached hydrogens (tertiary/aromatic N) is 2. The van der Waals surface area contributed by atoms with Crippen LogP contribution < -0.4 is 5.32 Å². The highest BCUT2D eigenvalue weighted by atomic mass is 35.5. The fourth-order valence-electron chi connectivity index (χ4n) is 2.39. The number of anilines is 1. The lowest BCUT2D eigenvalue weighted by Gasteiger charge is -2.23. The number of ether oxygens (including phenoxy) is 1. The van der Waals surface area contributed by atoms with Gasteiger partial charge in [0.05, 0.1) is 13.2 Å². The highest BCUT2D eigenvalue weighted by Crippen LogP contribution is 2.24. The number of carbonyl (C=O) groups is 2. The van der Waals surface area contributed by atoms with E-state index in [1.165, 1.54) is 0 Å². The third-order valence-corrected chi connectivity index (χ3v) is 3.84. The molecule has 8 heteroatoms. The highest BCUT2D eigenvalue weighted by Gasteiger charge is 2.41. The van der Waals surface area contributed by atoms with Crippen LogP contribution in [0.4, 0.5) is 15.0 Å². The van der Waals surface area contributed by atoms with E-state index in [2.05, 4.69) is 10.3 Å². The smallest absolute Gasteiger partial charge is 0.410 e. The maximum absolute atomic E-state index is 13.8. The first-order chi connectivity index (χ1) is 11.3. The lowest BCUT2D eigenvalue weighted by molar-refractivity contribution is -0.120. The molecule has 0 saturated carbocycles. The van der Waals surface area contributed by atoms with Crippen LogP contribution in [-0.2, 0) is 9.53 Å². The standard InChI is InChI=1S/C16H21ClFN3O3/c1-9(2)8-24-16(23)21-7-11(18)6-12(21)15(22)20-14-10(3)4-5-13(17)19-14/h4-5,9,11-12H,6-8H2,1-3H3,(H,19,20,22). The normalized spacial score (nSPS) is 20.3. The topological polar surface area (TPSA) is 71.5 Å². The van der Waals surface area contributed by atoms with Crippen molar-refractivity contribution in [2.24, 2.45) is 5.92 Å². The fraction of sp³-hybridized carbons (Fsp3) is 0.562. The molecule has 24 heavy (non-hydrogen) atoms. The van der Waals surface area contributed by atoms with Crippen molar-refractivity contribution in [1.29, 1.82) is 0 Å². The number of halogens is 2. The Kier molecular flexibility index (Phi) is 5.99. The number of rotatable bonds is 4. The van der Waals surface area contributed by atoms with Gasteiger partial charge in [-0.05, 0) is 24.5 Å². The molecule has 1 aromatic rings. The summed E-state index contributed by atoms with van der Waals surface area (Å²) in [6.45, 7) is 5.62. The van der Waals surface area contributed by atoms with Crippen molar-refractivity contribution in [3.05, 3.63) is 22.8 Å². The molecule has 2 amide bonds. The van der Waals surface area contributed by atoms with Crippen molar-refractivity contribution in [1.82, 2.24) is 9.88 Å². The van der Waals surface area contributed by atoms with Gasteiger partial charge < -0.3 is 10.1 Å². The van der Waals surface area contributed by atoms with Crippen molar-refractivity contribution in [2.75, 3.05) is 18.5 Å². The number of amides is 2. The van der Waals surface area contributed by atoms with Crippen molar-refractivity contribution >= 4 is 29.4 Å². The van der Waals surface area contributed by atoms with Crippen LogP contribution in [-0.4, -0.2) is 47.2 Å². The third-order valence-electron chi connectivity index (χ3n) is 3.63. The molecule has 0 bridgehead atoms. The first-order valence-electron chi connectivity index (χ1n) is 7.79. The van der Waals surface area contributed by atoms with Gasteiger partial charge in [-0.1, -0.05) is 31.5 Å². The second-order valence-corrected chi connectivity index (χ2v) is 6.65. The molecule has 1 fully saturated rings. The quantitative estimate of drug-likeness (QED) is 0.840. The predicted octanol–water partition coefficient (Wildman–Crippen LogP) is 3.19. The van der Waals surface area contributed by atoms with Gasteiger partial charge in [-0.3, -0.25) is 9.69 Å². The molecule has 2 heterocycles. The zero-order valence-corrected chi connectivity index (χ0v) is 14.6. The molecular weight excluding hydrogens is 337 g/mol. The number of pyridine rings is 1. The SMILES string of the molecule is Cc1ccc(Cl)nc1NC(=O)C1CC(F)CN1C(=O)OCC(C)C. The van der Waals surface area contributed by atoms with Gasteiger partial charge in [0.15, 0.2) is 0 Å². The summed E-state index contributed by atoms with van der Waals surface area (Å²) >= 11 is 5.83. The lowest BCUT2D eigenvalue weighted by Crippen LogP contribution is -2.44. The van der Waals surface area contributed by atoms with Gasteiger partial charge in [0.25, 0.3) is 0 Å². The summed E-state index contributed by atoms with van der Waals surface area (Å²) in [6.07, 6.45) is -2.01. The van der Waals surface area contributed by atoms with Crippen LogP contribution in [0.25, 0.3) is 0 Å². The molecule has 2 unspecified atom stereocenters. The number of nitrogens with one attached hydrogen (secondary N) is 1. The van der Waals surface area contributed by atoms with E-state index >= 15 is 0 Å². The van der Waals surface area contributed by atoms with E-state index in [0.29, 0.717) is 5.82 Å². The van der Waals surface area contributed by atoms with Crippen molar-refractivity contribution in [3.63, 3.8) is 0 Å². The Labute approximate surface area is 145 Å². The average Bonchev–Trinajstić information content (AvgIpc) is 2.90. The summed E-state index contributed by atoms with van der Waals surface area (Å²) in [5.41, 5.74) is 0.719. The number of likely N-dealkylation sites (tertiary alicyclic amines) is 1. The minimum Gasteiger partial charge on any atom is -0.449 e. The molecule has 6 nitrogen and oxygen atoms in total. The number of carbonyl (C=O) groups excluding carboxylic acids is 2. The molecule has 0 aliphatic carbocycles. The molecule has 2 rings (SSSR count). The van der Waals surface area contributed by atoms with Crippen molar-refractivity contribution < 1.29 is 18.7 Å². The zero-order valence-electron chi connectivity index (χ0n) is 13.9. The fourth-order valence-corrected chi connectivity index (χ4v) is 2.53. The lowest BCUT2D eigenvalue weighted by atomic mass is 10.2.